The van der Waals surface area contributed by atoms with Crippen molar-refractivity contribution in [3.8, 4) is 17.2 Å². The van der Waals surface area contributed by atoms with E-state index in [0.717, 1.165) is 21.5 Å². The SMILES string of the molecule is C=CCN1C(=O)/C(=C/c2cc(Br)ccc2OCCOc2ccc(OC)cc2)SC1=S. The standard InChI is InChI=1S/C22H20BrNO4S2/c1-3-10-24-21(25)20(30-22(24)29)14-15-13-16(23)4-9-19(15)28-12-11-27-18-7-5-17(26-2)6-8-18/h3-9,13-14H,1,10-12H2,2H3/b20-14-. The zero-order valence-corrected chi connectivity index (χ0v) is 19.5. The quantitative estimate of drug-likeness (QED) is 0.199. The van der Waals surface area contributed by atoms with Gasteiger partial charge in [0.25, 0.3) is 5.91 Å². The van der Waals surface area contributed by atoms with Gasteiger partial charge in [0.2, 0.25) is 0 Å². The predicted octanol–water partition coefficient (Wildman–Crippen LogP) is 5.30. The Kier molecular flexibility index (Phi) is 7.95. The molecular formula is C22H20BrNO4S2. The summed E-state index contributed by atoms with van der Waals surface area (Å²) in [6.07, 6.45) is 3.46. The van der Waals surface area contributed by atoms with Crippen LogP contribution in [0.2, 0.25) is 0 Å². The van der Waals surface area contributed by atoms with E-state index < -0.39 is 0 Å². The molecule has 3 rings (SSSR count). The van der Waals surface area contributed by atoms with Crippen LogP contribution in [0.15, 0.2) is 64.5 Å². The summed E-state index contributed by atoms with van der Waals surface area (Å²) in [5, 5.41) is 0. The summed E-state index contributed by atoms with van der Waals surface area (Å²) in [6, 6.07) is 13.0. The third kappa shape index (κ3) is 5.65. The number of rotatable bonds is 9. The number of carbonyl (C=O) groups excluding carboxylic acids is 1. The van der Waals surface area contributed by atoms with Gasteiger partial charge in [0, 0.05) is 16.6 Å². The van der Waals surface area contributed by atoms with E-state index in [0.29, 0.717) is 34.7 Å². The van der Waals surface area contributed by atoms with Crippen LogP contribution in [0.25, 0.3) is 6.08 Å². The van der Waals surface area contributed by atoms with E-state index in [1.165, 1.54) is 16.7 Å². The molecule has 8 heteroatoms. The molecule has 1 amide bonds. The summed E-state index contributed by atoms with van der Waals surface area (Å²) in [7, 11) is 1.62. The average Bonchev–Trinajstić information content (AvgIpc) is 3.00. The van der Waals surface area contributed by atoms with Crippen LogP contribution in [0.1, 0.15) is 5.56 Å². The van der Waals surface area contributed by atoms with E-state index in [2.05, 4.69) is 22.5 Å². The molecule has 2 aromatic rings. The number of thioether (sulfide) groups is 1. The monoisotopic (exact) mass is 505 g/mol. The summed E-state index contributed by atoms with van der Waals surface area (Å²) in [5.74, 6) is 2.04. The van der Waals surface area contributed by atoms with Crippen LogP contribution in [0.5, 0.6) is 17.2 Å². The van der Waals surface area contributed by atoms with E-state index in [1.54, 1.807) is 19.3 Å². The zero-order chi connectivity index (χ0) is 21.5. The van der Waals surface area contributed by atoms with Gasteiger partial charge in [-0.05, 0) is 48.5 Å². The molecule has 0 radical (unpaired) electrons. The van der Waals surface area contributed by atoms with Crippen LogP contribution in [-0.4, -0.2) is 42.0 Å². The Morgan fingerprint density at radius 1 is 1.13 bits per heavy atom. The molecule has 30 heavy (non-hydrogen) atoms. The van der Waals surface area contributed by atoms with Gasteiger partial charge in [-0.15, -0.1) is 6.58 Å². The topological polar surface area (TPSA) is 48.0 Å². The molecule has 0 spiro atoms. The van der Waals surface area contributed by atoms with Crippen LogP contribution in [0.4, 0.5) is 0 Å². The number of nitrogens with zero attached hydrogens (tertiary/aromatic N) is 1. The number of methoxy groups -OCH3 is 1. The van der Waals surface area contributed by atoms with Gasteiger partial charge in [0.05, 0.1) is 12.0 Å². The molecule has 2 aromatic carbocycles. The maximum Gasteiger partial charge on any atom is 0.266 e. The number of hydrogen-bond acceptors (Lipinski definition) is 6. The van der Waals surface area contributed by atoms with Gasteiger partial charge in [-0.25, -0.2) is 0 Å². The number of amides is 1. The van der Waals surface area contributed by atoms with E-state index in [-0.39, 0.29) is 5.91 Å². The first-order valence-corrected chi connectivity index (χ1v) is 11.1. The lowest BCUT2D eigenvalue weighted by Gasteiger charge is -2.12. The van der Waals surface area contributed by atoms with Crippen molar-refractivity contribution in [2.75, 3.05) is 26.9 Å². The summed E-state index contributed by atoms with van der Waals surface area (Å²) in [5.41, 5.74) is 0.785. The maximum atomic E-state index is 12.6. The van der Waals surface area contributed by atoms with Crippen LogP contribution < -0.4 is 14.2 Å². The largest absolute Gasteiger partial charge is 0.497 e. The lowest BCUT2D eigenvalue weighted by atomic mass is 10.2. The fourth-order valence-electron chi connectivity index (χ4n) is 2.67. The first-order chi connectivity index (χ1) is 14.5. The molecule has 0 atom stereocenters. The van der Waals surface area contributed by atoms with Gasteiger partial charge < -0.3 is 14.2 Å². The van der Waals surface area contributed by atoms with E-state index in [9.17, 15) is 4.79 Å². The molecule has 5 nitrogen and oxygen atoms in total. The first-order valence-electron chi connectivity index (χ1n) is 9.07. The number of hydrogen-bond donors (Lipinski definition) is 0. The van der Waals surface area contributed by atoms with Gasteiger partial charge in [-0.1, -0.05) is 46.0 Å². The van der Waals surface area contributed by atoms with E-state index in [1.807, 2.05) is 42.5 Å². The molecule has 1 heterocycles. The highest BCUT2D eigenvalue weighted by Crippen LogP contribution is 2.35. The Hall–Kier alpha value is -2.29. The van der Waals surface area contributed by atoms with Crippen LogP contribution in [0, 0.1) is 0 Å². The summed E-state index contributed by atoms with van der Waals surface area (Å²) < 4.78 is 18.2. The smallest absolute Gasteiger partial charge is 0.266 e. The Labute approximate surface area is 193 Å². The van der Waals surface area contributed by atoms with Crippen LogP contribution in [-0.2, 0) is 4.79 Å². The summed E-state index contributed by atoms with van der Waals surface area (Å²) in [6.45, 7) is 4.80. The molecule has 1 aliphatic rings. The van der Waals surface area contributed by atoms with Gasteiger partial charge in [0.15, 0.2) is 0 Å². The fourth-order valence-corrected chi connectivity index (χ4v) is 4.32. The molecule has 0 unspecified atom stereocenters. The third-order valence-electron chi connectivity index (χ3n) is 4.11. The number of halogens is 1. The van der Waals surface area contributed by atoms with Gasteiger partial charge in [-0.3, -0.25) is 9.69 Å². The highest BCUT2D eigenvalue weighted by Gasteiger charge is 2.31. The summed E-state index contributed by atoms with van der Waals surface area (Å²) >= 11 is 10.0. The molecule has 1 saturated heterocycles. The molecule has 1 fully saturated rings. The Morgan fingerprint density at radius 2 is 1.83 bits per heavy atom. The minimum atomic E-state index is -0.126. The van der Waals surface area contributed by atoms with Crippen LogP contribution in [0.3, 0.4) is 0 Å². The third-order valence-corrected chi connectivity index (χ3v) is 5.98. The molecule has 0 bridgehead atoms. The number of carbonyl (C=O) groups is 1. The summed E-state index contributed by atoms with van der Waals surface area (Å²) in [4.78, 5) is 14.7. The maximum absolute atomic E-state index is 12.6. The highest BCUT2D eigenvalue weighted by molar-refractivity contribution is 9.10. The Bertz CT molecular complexity index is 976. The average molecular weight is 506 g/mol. The van der Waals surface area contributed by atoms with Crippen molar-refractivity contribution in [1.82, 2.24) is 4.90 Å². The first kappa shape index (κ1) is 22.4. The molecule has 0 aromatic heterocycles. The van der Waals surface area contributed by atoms with Crippen molar-refractivity contribution in [3.63, 3.8) is 0 Å². The van der Waals surface area contributed by atoms with Gasteiger partial charge >= 0.3 is 0 Å². The normalized spacial score (nSPS) is 14.9. The van der Waals surface area contributed by atoms with Crippen molar-refractivity contribution >= 4 is 56.2 Å². The molecule has 0 aliphatic carbocycles. The van der Waals surface area contributed by atoms with Crippen molar-refractivity contribution < 1.29 is 19.0 Å². The number of benzene rings is 2. The van der Waals surface area contributed by atoms with Crippen LogP contribution >= 0.6 is 39.9 Å². The van der Waals surface area contributed by atoms with E-state index in [4.69, 9.17) is 26.4 Å². The fraction of sp³-hybridized carbons (Fsp3) is 0.182. The lowest BCUT2D eigenvalue weighted by molar-refractivity contribution is -0.121. The highest BCUT2D eigenvalue weighted by atomic mass is 79.9. The van der Waals surface area contributed by atoms with E-state index >= 15 is 0 Å². The molecule has 0 saturated carbocycles. The number of ether oxygens (including phenoxy) is 3. The lowest BCUT2D eigenvalue weighted by Crippen LogP contribution is -2.27. The molecule has 0 N–H and O–H groups in total. The van der Waals surface area contributed by atoms with Crippen molar-refractivity contribution in [2.24, 2.45) is 0 Å². The second-order valence-corrected chi connectivity index (χ2v) is 8.73. The number of thiocarbonyl (C=S) groups is 1. The Morgan fingerprint density at radius 3 is 2.53 bits per heavy atom. The van der Waals surface area contributed by atoms with Gasteiger partial charge in [0.1, 0.15) is 34.8 Å². The van der Waals surface area contributed by atoms with Gasteiger partial charge in [-0.2, -0.15) is 0 Å². The van der Waals surface area contributed by atoms with Crippen molar-refractivity contribution in [2.45, 2.75) is 0 Å². The predicted molar refractivity (Wildman–Crippen MR) is 128 cm³/mol. The van der Waals surface area contributed by atoms with Crippen molar-refractivity contribution in [1.29, 1.82) is 0 Å². The molecular weight excluding hydrogens is 486 g/mol. The van der Waals surface area contributed by atoms with Crippen molar-refractivity contribution in [3.05, 3.63) is 70.1 Å². The zero-order valence-electron chi connectivity index (χ0n) is 16.3. The molecule has 156 valence electrons. The Balaban J connectivity index is 1.66. The molecule has 1 aliphatic heterocycles. The minimum absolute atomic E-state index is 0.126. The second kappa shape index (κ2) is 10.7. The minimum Gasteiger partial charge on any atom is -0.497 e. The second-order valence-electron chi connectivity index (χ2n) is 6.14.